The van der Waals surface area contributed by atoms with E-state index < -0.39 is 0 Å². The fourth-order valence-electron chi connectivity index (χ4n) is 3.59. The zero-order valence-electron chi connectivity index (χ0n) is 17.5. The van der Waals surface area contributed by atoms with Gasteiger partial charge in [0.05, 0.1) is 6.26 Å². The molecular formula is C24H48O. The van der Waals surface area contributed by atoms with Crippen molar-refractivity contribution < 1.29 is 5.11 Å². The van der Waals surface area contributed by atoms with Gasteiger partial charge in [0.25, 0.3) is 0 Å². The number of aliphatic hydroxyl groups is 1. The second kappa shape index (κ2) is 23.5. The van der Waals surface area contributed by atoms with Gasteiger partial charge < -0.3 is 5.11 Å². The number of hydrogen-bond donors (Lipinski definition) is 1. The van der Waals surface area contributed by atoms with Gasteiger partial charge in [-0.25, -0.2) is 0 Å². The van der Waals surface area contributed by atoms with E-state index in [0.29, 0.717) is 0 Å². The molecule has 150 valence electrons. The molecule has 0 heterocycles. The lowest BCUT2D eigenvalue weighted by atomic mass is 10.0. The average molecular weight is 353 g/mol. The molecule has 1 nitrogen and oxygen atoms in total. The molecule has 0 aliphatic rings. The summed E-state index contributed by atoms with van der Waals surface area (Å²) >= 11 is 0. The van der Waals surface area contributed by atoms with Crippen LogP contribution in [-0.4, -0.2) is 5.11 Å². The lowest BCUT2D eigenvalue weighted by molar-refractivity contribution is 0.469. The van der Waals surface area contributed by atoms with Crippen molar-refractivity contribution in [1.29, 1.82) is 0 Å². The fraction of sp³-hybridized carbons (Fsp3) is 0.917. The molecule has 0 amide bonds. The van der Waals surface area contributed by atoms with Gasteiger partial charge in [-0.15, -0.1) is 0 Å². The summed E-state index contributed by atoms with van der Waals surface area (Å²) in [6.45, 7) is 2.29. The van der Waals surface area contributed by atoms with Gasteiger partial charge in [-0.2, -0.15) is 0 Å². The van der Waals surface area contributed by atoms with Crippen LogP contribution in [0.3, 0.4) is 0 Å². The van der Waals surface area contributed by atoms with E-state index in [0.717, 1.165) is 6.42 Å². The van der Waals surface area contributed by atoms with Gasteiger partial charge in [0.1, 0.15) is 0 Å². The molecule has 25 heavy (non-hydrogen) atoms. The molecule has 0 aliphatic carbocycles. The standard InChI is InChI=1S/C24H48O/c1-2-3-4-5-6-7-8-9-10-11-12-13-14-15-16-17-18-19-20-21-22-23-24-25/h23-25H,2-22H2,1H3. The minimum atomic E-state index is 1.04. The Balaban J connectivity index is 2.96. The van der Waals surface area contributed by atoms with Gasteiger partial charge in [0.2, 0.25) is 0 Å². The number of allylic oxidation sites excluding steroid dienone is 1. The molecule has 0 aromatic heterocycles. The van der Waals surface area contributed by atoms with Crippen LogP contribution < -0.4 is 0 Å². The Bertz CT molecular complexity index is 246. The third-order valence-electron chi connectivity index (χ3n) is 5.33. The Morgan fingerprint density at radius 1 is 0.440 bits per heavy atom. The van der Waals surface area contributed by atoms with E-state index in [1.165, 1.54) is 135 Å². The summed E-state index contributed by atoms with van der Waals surface area (Å²) in [6.07, 6.45) is 32.7. The molecule has 1 N–H and O–H groups in total. The minimum Gasteiger partial charge on any atom is -0.516 e. The Kier molecular flexibility index (Phi) is 23.1. The summed E-state index contributed by atoms with van der Waals surface area (Å²) in [7, 11) is 0. The molecule has 0 spiro atoms. The van der Waals surface area contributed by atoms with Gasteiger partial charge in [-0.05, 0) is 12.8 Å². The lowest BCUT2D eigenvalue weighted by Gasteiger charge is -2.04. The fourth-order valence-corrected chi connectivity index (χ4v) is 3.59. The van der Waals surface area contributed by atoms with Crippen LogP contribution >= 0.6 is 0 Å². The third-order valence-corrected chi connectivity index (χ3v) is 5.33. The Morgan fingerprint density at radius 2 is 0.720 bits per heavy atom. The number of unbranched alkanes of at least 4 members (excludes halogenated alkanes) is 20. The third kappa shape index (κ3) is 23.5. The van der Waals surface area contributed by atoms with Crippen molar-refractivity contribution in [2.45, 2.75) is 142 Å². The minimum absolute atomic E-state index is 1.04. The van der Waals surface area contributed by atoms with Gasteiger partial charge in [0, 0.05) is 0 Å². The summed E-state index contributed by atoms with van der Waals surface area (Å²) in [6, 6.07) is 0. The highest BCUT2D eigenvalue weighted by atomic mass is 16.2. The van der Waals surface area contributed by atoms with E-state index >= 15 is 0 Å². The predicted octanol–water partition coefficient (Wildman–Crippen LogP) is 9.27. The van der Waals surface area contributed by atoms with Crippen molar-refractivity contribution in [2.24, 2.45) is 0 Å². The van der Waals surface area contributed by atoms with Crippen molar-refractivity contribution in [3.8, 4) is 0 Å². The van der Waals surface area contributed by atoms with Crippen LogP contribution in [0.4, 0.5) is 0 Å². The quantitative estimate of drug-likeness (QED) is 0.161. The number of hydrogen-bond acceptors (Lipinski definition) is 1. The van der Waals surface area contributed by atoms with E-state index in [-0.39, 0.29) is 0 Å². The summed E-state index contributed by atoms with van der Waals surface area (Å²) in [4.78, 5) is 0. The van der Waals surface area contributed by atoms with Crippen LogP contribution in [0.5, 0.6) is 0 Å². The highest BCUT2D eigenvalue weighted by molar-refractivity contribution is 4.70. The molecule has 0 aliphatic heterocycles. The maximum Gasteiger partial charge on any atom is 0.0751 e. The van der Waals surface area contributed by atoms with Crippen LogP contribution in [-0.2, 0) is 0 Å². The van der Waals surface area contributed by atoms with Gasteiger partial charge in [0.15, 0.2) is 0 Å². The summed E-state index contributed by atoms with van der Waals surface area (Å²) < 4.78 is 0. The molecule has 0 radical (unpaired) electrons. The van der Waals surface area contributed by atoms with Crippen molar-refractivity contribution >= 4 is 0 Å². The monoisotopic (exact) mass is 352 g/mol. The molecule has 0 rings (SSSR count). The topological polar surface area (TPSA) is 20.2 Å². The molecule has 0 aromatic carbocycles. The lowest BCUT2D eigenvalue weighted by Crippen LogP contribution is -1.84. The predicted molar refractivity (Wildman–Crippen MR) is 114 cm³/mol. The normalized spacial score (nSPS) is 11.6. The molecule has 0 fully saturated rings. The summed E-state index contributed by atoms with van der Waals surface area (Å²) in [5, 5.41) is 8.54. The first-order valence-electron chi connectivity index (χ1n) is 11.7. The van der Waals surface area contributed by atoms with Crippen LogP contribution in [0.2, 0.25) is 0 Å². The maximum absolute atomic E-state index is 8.54. The number of aliphatic hydroxyl groups excluding tert-OH is 1. The highest BCUT2D eigenvalue weighted by Crippen LogP contribution is 2.15. The Morgan fingerprint density at radius 3 is 1.00 bits per heavy atom. The molecule has 0 saturated heterocycles. The van der Waals surface area contributed by atoms with Crippen LogP contribution in [0.1, 0.15) is 142 Å². The first kappa shape index (κ1) is 24.5. The largest absolute Gasteiger partial charge is 0.516 e. The van der Waals surface area contributed by atoms with E-state index in [4.69, 9.17) is 5.11 Å². The first-order chi connectivity index (χ1) is 12.4. The van der Waals surface area contributed by atoms with E-state index in [1.54, 1.807) is 0 Å². The van der Waals surface area contributed by atoms with Crippen molar-refractivity contribution in [1.82, 2.24) is 0 Å². The SMILES string of the molecule is CCCCCCCCCCCCCCCCCCCCCCC=CO. The van der Waals surface area contributed by atoms with Gasteiger partial charge in [-0.1, -0.05) is 135 Å². The highest BCUT2D eigenvalue weighted by Gasteiger charge is 1.95. The Labute approximate surface area is 159 Å². The molecule has 0 saturated carbocycles. The zero-order valence-corrected chi connectivity index (χ0v) is 17.5. The van der Waals surface area contributed by atoms with Crippen LogP contribution in [0.15, 0.2) is 12.3 Å². The number of rotatable bonds is 21. The van der Waals surface area contributed by atoms with Crippen LogP contribution in [0.25, 0.3) is 0 Å². The zero-order chi connectivity index (χ0) is 18.3. The van der Waals surface area contributed by atoms with E-state index in [2.05, 4.69) is 6.92 Å². The first-order valence-corrected chi connectivity index (χ1v) is 11.7. The van der Waals surface area contributed by atoms with E-state index in [1.807, 2.05) is 6.08 Å². The smallest absolute Gasteiger partial charge is 0.0751 e. The maximum atomic E-state index is 8.54. The molecule has 0 atom stereocenters. The van der Waals surface area contributed by atoms with E-state index in [9.17, 15) is 0 Å². The van der Waals surface area contributed by atoms with Crippen molar-refractivity contribution in [2.75, 3.05) is 0 Å². The van der Waals surface area contributed by atoms with Crippen LogP contribution in [0, 0.1) is 0 Å². The second-order valence-corrected chi connectivity index (χ2v) is 7.89. The molecular weight excluding hydrogens is 304 g/mol. The second-order valence-electron chi connectivity index (χ2n) is 7.89. The summed E-state index contributed by atoms with van der Waals surface area (Å²) in [5.74, 6) is 0. The molecule has 0 unspecified atom stereocenters. The van der Waals surface area contributed by atoms with Crippen molar-refractivity contribution in [3.05, 3.63) is 12.3 Å². The Hall–Kier alpha value is -0.460. The van der Waals surface area contributed by atoms with Gasteiger partial charge in [-0.3, -0.25) is 0 Å². The molecule has 1 heteroatoms. The average Bonchev–Trinajstić information content (AvgIpc) is 2.63. The van der Waals surface area contributed by atoms with Crippen molar-refractivity contribution in [3.63, 3.8) is 0 Å². The van der Waals surface area contributed by atoms with Gasteiger partial charge >= 0.3 is 0 Å². The summed E-state index contributed by atoms with van der Waals surface area (Å²) in [5.41, 5.74) is 0. The molecule has 0 aromatic rings. The molecule has 0 bridgehead atoms.